The highest BCUT2D eigenvalue weighted by molar-refractivity contribution is 6.03. The number of hydrogen-bond donors (Lipinski definition) is 2. The number of hydrogen-bond acceptors (Lipinski definition) is 3. The molecular weight excluding hydrogens is 368 g/mol. The van der Waals surface area contributed by atoms with Gasteiger partial charge >= 0.3 is 6.36 Å². The summed E-state index contributed by atoms with van der Waals surface area (Å²) in [5, 5.41) is 2.35. The molecule has 0 unspecified atom stereocenters. The first-order valence-corrected chi connectivity index (χ1v) is 7.50. The number of nitrogens with one attached hydrogen (secondary N) is 1. The third-order valence-corrected chi connectivity index (χ3v) is 3.45. The third-order valence-electron chi connectivity index (χ3n) is 3.45. The Morgan fingerprint density at radius 2 is 1.85 bits per heavy atom. The molecule has 0 saturated heterocycles. The van der Waals surface area contributed by atoms with Crippen molar-refractivity contribution in [3.05, 3.63) is 65.0 Å². The minimum Gasteiger partial charge on any atom is -0.405 e. The molecule has 27 heavy (non-hydrogen) atoms. The highest BCUT2D eigenvalue weighted by atomic mass is 19.4. The number of para-hydroxylation sites is 1. The van der Waals surface area contributed by atoms with Gasteiger partial charge in [0.05, 0.1) is 0 Å². The number of alkyl halides is 3. The van der Waals surface area contributed by atoms with E-state index in [4.69, 9.17) is 5.73 Å². The molecule has 142 valence electrons. The fraction of sp³-hybridized carbons (Fsp3) is 0.111. The molecule has 0 aliphatic heterocycles. The fourth-order valence-corrected chi connectivity index (χ4v) is 2.13. The summed E-state index contributed by atoms with van der Waals surface area (Å²) in [6.45, 7) is 1.38. The molecule has 0 aromatic heterocycles. The number of halogens is 4. The van der Waals surface area contributed by atoms with E-state index in [0.717, 1.165) is 24.3 Å². The lowest BCUT2D eigenvalue weighted by Crippen LogP contribution is -2.17. The van der Waals surface area contributed by atoms with E-state index in [0.29, 0.717) is 0 Å². The van der Waals surface area contributed by atoms with Gasteiger partial charge in [0.25, 0.3) is 0 Å². The van der Waals surface area contributed by atoms with Crippen LogP contribution in [0.15, 0.2) is 42.5 Å². The molecule has 0 atom stereocenters. The van der Waals surface area contributed by atoms with Crippen LogP contribution in [0.1, 0.15) is 21.5 Å². The van der Waals surface area contributed by atoms with E-state index in [9.17, 15) is 27.2 Å². The third kappa shape index (κ3) is 5.56. The zero-order valence-electron chi connectivity index (χ0n) is 13.9. The van der Waals surface area contributed by atoms with Crippen molar-refractivity contribution in [1.82, 2.24) is 0 Å². The van der Waals surface area contributed by atoms with Gasteiger partial charge in [-0.3, -0.25) is 9.59 Å². The van der Waals surface area contributed by atoms with Crippen LogP contribution in [0.4, 0.5) is 23.2 Å². The standard InChI is InChI=1S/C18H14F4N2O3/c1-10-13(19)8-12(17(23)26)9-14(10)24-16(25)7-6-11-4-2-3-5-15(11)27-18(20,21)22/h2-9H,1H3,(H2,23,26)(H,24,25). The van der Waals surface area contributed by atoms with Crippen molar-refractivity contribution in [3.8, 4) is 5.75 Å². The maximum Gasteiger partial charge on any atom is 0.573 e. The zero-order chi connectivity index (χ0) is 20.2. The topological polar surface area (TPSA) is 81.4 Å². The Labute approximate surface area is 151 Å². The minimum absolute atomic E-state index is 0.0123. The maximum absolute atomic E-state index is 13.8. The largest absolute Gasteiger partial charge is 0.573 e. The summed E-state index contributed by atoms with van der Waals surface area (Å²) in [5.41, 5.74) is 5.06. The molecule has 2 aromatic rings. The number of anilines is 1. The number of rotatable bonds is 5. The second kappa shape index (κ2) is 7.90. The van der Waals surface area contributed by atoms with E-state index in [-0.39, 0.29) is 22.4 Å². The molecule has 0 aliphatic rings. The lowest BCUT2D eigenvalue weighted by molar-refractivity contribution is -0.274. The predicted molar refractivity (Wildman–Crippen MR) is 90.4 cm³/mol. The van der Waals surface area contributed by atoms with E-state index in [1.807, 2.05) is 0 Å². The first-order chi connectivity index (χ1) is 12.6. The van der Waals surface area contributed by atoms with Crippen molar-refractivity contribution in [3.63, 3.8) is 0 Å². The number of amides is 2. The summed E-state index contributed by atoms with van der Waals surface area (Å²) in [6.07, 6.45) is -2.82. The average Bonchev–Trinajstić information content (AvgIpc) is 2.56. The molecule has 5 nitrogen and oxygen atoms in total. The highest BCUT2D eigenvalue weighted by Crippen LogP contribution is 2.27. The first-order valence-electron chi connectivity index (χ1n) is 7.50. The summed E-state index contributed by atoms with van der Waals surface area (Å²) in [6, 6.07) is 7.38. The number of primary amides is 1. The number of ether oxygens (including phenoxy) is 1. The summed E-state index contributed by atoms with van der Waals surface area (Å²) in [4.78, 5) is 23.2. The van der Waals surface area contributed by atoms with Crippen molar-refractivity contribution in [1.29, 1.82) is 0 Å². The van der Waals surface area contributed by atoms with Crippen LogP contribution in [0.5, 0.6) is 5.75 Å². The Hall–Kier alpha value is -3.36. The lowest BCUT2D eigenvalue weighted by atomic mass is 10.1. The molecule has 0 saturated carbocycles. The van der Waals surface area contributed by atoms with Crippen LogP contribution in [-0.4, -0.2) is 18.2 Å². The molecule has 0 heterocycles. The van der Waals surface area contributed by atoms with Gasteiger partial charge in [0.2, 0.25) is 11.8 Å². The molecule has 0 radical (unpaired) electrons. The van der Waals surface area contributed by atoms with Crippen LogP contribution >= 0.6 is 0 Å². The highest BCUT2D eigenvalue weighted by Gasteiger charge is 2.31. The van der Waals surface area contributed by atoms with Gasteiger partial charge in [-0.25, -0.2) is 4.39 Å². The van der Waals surface area contributed by atoms with Crippen molar-refractivity contribution in [2.45, 2.75) is 13.3 Å². The molecular formula is C18H14F4N2O3. The zero-order valence-corrected chi connectivity index (χ0v) is 13.9. The molecule has 2 amide bonds. The van der Waals surface area contributed by atoms with Crippen LogP contribution in [0.25, 0.3) is 6.08 Å². The first kappa shape index (κ1) is 20.0. The Morgan fingerprint density at radius 1 is 1.19 bits per heavy atom. The van der Waals surface area contributed by atoms with E-state index < -0.39 is 29.7 Å². The number of benzene rings is 2. The van der Waals surface area contributed by atoms with Gasteiger partial charge in [0.1, 0.15) is 11.6 Å². The van der Waals surface area contributed by atoms with Gasteiger partial charge in [-0.05, 0) is 31.2 Å². The molecule has 2 rings (SSSR count). The van der Waals surface area contributed by atoms with Crippen molar-refractivity contribution in [2.75, 3.05) is 5.32 Å². The Kier molecular flexibility index (Phi) is 5.84. The molecule has 2 aromatic carbocycles. The second-order valence-corrected chi connectivity index (χ2v) is 5.40. The van der Waals surface area contributed by atoms with Crippen molar-refractivity contribution < 1.29 is 31.9 Å². The number of nitrogens with two attached hydrogens (primary N) is 1. The second-order valence-electron chi connectivity index (χ2n) is 5.40. The van der Waals surface area contributed by atoms with Crippen LogP contribution in [0.2, 0.25) is 0 Å². The average molecular weight is 382 g/mol. The van der Waals surface area contributed by atoms with E-state index in [1.54, 1.807) is 0 Å². The van der Waals surface area contributed by atoms with Crippen LogP contribution in [-0.2, 0) is 4.79 Å². The quantitative estimate of drug-likeness (QED) is 0.610. The Morgan fingerprint density at radius 3 is 2.48 bits per heavy atom. The minimum atomic E-state index is -4.88. The van der Waals surface area contributed by atoms with Gasteiger partial charge < -0.3 is 15.8 Å². The van der Waals surface area contributed by atoms with Gasteiger partial charge in [-0.2, -0.15) is 0 Å². The van der Waals surface area contributed by atoms with E-state index >= 15 is 0 Å². The van der Waals surface area contributed by atoms with Gasteiger partial charge in [-0.1, -0.05) is 18.2 Å². The molecule has 0 spiro atoms. The van der Waals surface area contributed by atoms with E-state index in [2.05, 4.69) is 10.1 Å². The molecule has 9 heteroatoms. The van der Waals surface area contributed by atoms with Gasteiger partial charge in [-0.15, -0.1) is 13.2 Å². The summed E-state index contributed by atoms with van der Waals surface area (Å²) < 4.78 is 54.9. The lowest BCUT2D eigenvalue weighted by Gasteiger charge is -2.11. The molecule has 0 aliphatic carbocycles. The summed E-state index contributed by atoms with van der Waals surface area (Å²) in [5.74, 6) is -2.85. The summed E-state index contributed by atoms with van der Waals surface area (Å²) >= 11 is 0. The normalized spacial score (nSPS) is 11.4. The van der Waals surface area contributed by atoms with E-state index in [1.165, 1.54) is 31.2 Å². The van der Waals surface area contributed by atoms with Gasteiger partial charge in [0, 0.05) is 28.5 Å². The smallest absolute Gasteiger partial charge is 0.405 e. The fourth-order valence-electron chi connectivity index (χ4n) is 2.13. The monoisotopic (exact) mass is 382 g/mol. The maximum atomic E-state index is 13.8. The Balaban J connectivity index is 2.21. The van der Waals surface area contributed by atoms with Gasteiger partial charge in [0.15, 0.2) is 0 Å². The van der Waals surface area contributed by atoms with Crippen LogP contribution in [0, 0.1) is 12.7 Å². The summed E-state index contributed by atoms with van der Waals surface area (Å²) in [7, 11) is 0. The van der Waals surface area contributed by atoms with Crippen LogP contribution < -0.4 is 15.8 Å². The SMILES string of the molecule is Cc1c(F)cc(C(N)=O)cc1NC(=O)C=Cc1ccccc1OC(F)(F)F. The number of carbonyl (C=O) groups excluding carboxylic acids is 2. The molecule has 3 N–H and O–H groups in total. The molecule has 0 bridgehead atoms. The molecule has 0 fully saturated rings. The van der Waals surface area contributed by atoms with Crippen LogP contribution in [0.3, 0.4) is 0 Å². The van der Waals surface area contributed by atoms with Crippen molar-refractivity contribution in [2.24, 2.45) is 5.73 Å². The Bertz CT molecular complexity index is 908. The number of carbonyl (C=O) groups is 2. The predicted octanol–water partition coefficient (Wildman–Crippen LogP) is 3.78. The van der Waals surface area contributed by atoms with Crippen molar-refractivity contribution >= 4 is 23.6 Å².